The normalized spacial score (nSPS) is 12.4. The second-order valence-electron chi connectivity index (χ2n) is 17.0. The molecule has 4 rings (SSSR count). The molecule has 80 heavy (non-hydrogen) atoms. The third-order valence-electron chi connectivity index (χ3n) is 10.9. The van der Waals surface area contributed by atoms with Crippen LogP contribution in [0.15, 0.2) is 57.9 Å². The zero-order valence-electron chi connectivity index (χ0n) is 45.0. The van der Waals surface area contributed by atoms with E-state index in [-0.39, 0.29) is 64.3 Å². The summed E-state index contributed by atoms with van der Waals surface area (Å²) in [6, 6.07) is 13.7. The predicted octanol–water partition coefficient (Wildman–Crippen LogP) is 5.29. The van der Waals surface area contributed by atoms with E-state index in [0.29, 0.717) is 129 Å². The van der Waals surface area contributed by atoms with Crippen LogP contribution >= 0.6 is 0 Å². The van der Waals surface area contributed by atoms with Crippen LogP contribution in [-0.4, -0.2) is 187 Å². The number of halogens is 4. The average molecular weight is 1160 g/mol. The molecule has 0 unspecified atom stereocenters. The Morgan fingerprint density at radius 1 is 0.625 bits per heavy atom. The number of rotatable bonds is 43. The van der Waals surface area contributed by atoms with Gasteiger partial charge in [-0.15, -0.1) is 0 Å². The summed E-state index contributed by atoms with van der Waals surface area (Å²) in [6.07, 6.45) is 2.45. The van der Waals surface area contributed by atoms with E-state index in [9.17, 15) is 40.4 Å². The highest BCUT2D eigenvalue weighted by molar-refractivity contribution is 7.85. The number of nitrogens with two attached hydrogens (primary N) is 1. The quantitative estimate of drug-likeness (QED) is 0.0124. The third-order valence-corrected chi connectivity index (χ3v) is 11.8. The largest absolute Gasteiger partial charge is 0.420 e. The highest BCUT2D eigenvalue weighted by Gasteiger charge is 2.34. The lowest BCUT2D eigenvalue weighted by molar-refractivity contribution is -0.180. The lowest BCUT2D eigenvalue weighted by Crippen LogP contribution is -2.34. The first-order valence-electron chi connectivity index (χ1n) is 25.9. The van der Waals surface area contributed by atoms with E-state index < -0.39 is 56.4 Å². The second kappa shape index (κ2) is 38.2. The average Bonchev–Trinajstić information content (AvgIpc) is 3.72. The van der Waals surface area contributed by atoms with Crippen LogP contribution in [0.3, 0.4) is 0 Å². The number of nitrogens with one attached hydrogen (secondary N) is 1. The molecule has 0 bridgehead atoms. The number of hydrogen-bond donors (Lipinski definition) is 3. The number of aliphatic imine (C=N–C) groups is 1. The molecule has 1 heterocycles. The van der Waals surface area contributed by atoms with Gasteiger partial charge in [0.2, 0.25) is 23.3 Å². The molecule has 0 radical (unpaired) electrons. The SMILES string of the molecule is CCCN(OCC)C(=O)C1=Cc2ccc(-c3ccc(CNC(=O)CCOCCOCCOCCOCCOCCOCCOCCOCCOCCOCCC(=O)Oc4c(F)c(F)c(S(=O)(=O)O)c(F)c4F)cc3)cc2N=C(N)C1. The number of nitrogens with zero attached hydrogens (tertiary/aromatic N) is 2. The molecule has 2 amide bonds. The number of esters is 1. The highest BCUT2D eigenvalue weighted by atomic mass is 32.2. The van der Waals surface area contributed by atoms with Gasteiger partial charge in [-0.1, -0.05) is 43.3 Å². The molecule has 1 aliphatic rings. The molecule has 0 saturated carbocycles. The maximum Gasteiger partial charge on any atom is 0.313 e. The Balaban J connectivity index is 0.858. The standard InChI is InChI=1S/C53H72F4N4O18S/c1-3-13-61(78-4-2)53(64)42-34-41-10-9-40(35-43(41)60-44(58)36-42)39-7-5-38(6-8-39)37-59-45(62)11-14-68-16-18-70-20-22-72-24-26-74-28-30-76-32-33-77-31-29-75-27-25-73-23-21-71-19-17-69-15-12-46(63)79-51-47(54)49(56)52(80(65,66)67)50(57)48(51)55/h5-10,34-35H,3-4,11-33,36-37H2,1-2H3,(H2,58,60)(H,59,62)(H,65,66,67). The summed E-state index contributed by atoms with van der Waals surface area (Å²) in [5, 5.41) is 4.31. The molecular weight excluding hydrogens is 1090 g/mol. The Bertz CT molecular complexity index is 2510. The Labute approximate surface area is 462 Å². The maximum absolute atomic E-state index is 14.0. The number of hydrogen-bond acceptors (Lipinski definition) is 19. The summed E-state index contributed by atoms with van der Waals surface area (Å²) < 4.78 is 145. The second-order valence-corrected chi connectivity index (χ2v) is 18.4. The summed E-state index contributed by atoms with van der Waals surface area (Å²) in [5.74, 6) is -12.7. The molecule has 4 N–H and O–H groups in total. The van der Waals surface area contributed by atoms with Gasteiger partial charge in [-0.05, 0) is 42.2 Å². The fraction of sp³-hybridized carbons (Fsp3) is 0.547. The van der Waals surface area contributed by atoms with Crippen molar-refractivity contribution in [2.24, 2.45) is 10.7 Å². The maximum atomic E-state index is 14.0. The zero-order valence-corrected chi connectivity index (χ0v) is 45.8. The monoisotopic (exact) mass is 1160 g/mol. The molecule has 0 spiro atoms. The van der Waals surface area contributed by atoms with Crippen LogP contribution in [0, 0.1) is 23.3 Å². The molecular formula is C53H72F4N4O18S. The van der Waals surface area contributed by atoms with Crippen molar-refractivity contribution in [2.45, 2.75) is 51.0 Å². The molecule has 0 aromatic heterocycles. The van der Waals surface area contributed by atoms with Crippen molar-refractivity contribution in [3.63, 3.8) is 0 Å². The molecule has 27 heteroatoms. The molecule has 0 fully saturated rings. The Kier molecular flexibility index (Phi) is 32.0. The van der Waals surface area contributed by atoms with E-state index >= 15 is 0 Å². The Morgan fingerprint density at radius 2 is 1.06 bits per heavy atom. The van der Waals surface area contributed by atoms with Crippen LogP contribution in [0.25, 0.3) is 17.2 Å². The summed E-state index contributed by atoms with van der Waals surface area (Å²) in [4.78, 5) is 45.4. The number of hydroxylamine groups is 2. The van der Waals surface area contributed by atoms with Gasteiger partial charge < -0.3 is 63.2 Å². The van der Waals surface area contributed by atoms with E-state index in [2.05, 4.69) is 15.0 Å². The molecule has 1 aliphatic heterocycles. The zero-order chi connectivity index (χ0) is 58.0. The van der Waals surface area contributed by atoms with E-state index in [4.69, 9.17) is 62.5 Å². The highest BCUT2D eigenvalue weighted by Crippen LogP contribution is 2.34. The van der Waals surface area contributed by atoms with E-state index in [0.717, 1.165) is 28.7 Å². The number of ether oxygens (including phenoxy) is 11. The number of benzene rings is 3. The van der Waals surface area contributed by atoms with Crippen LogP contribution in [0.2, 0.25) is 0 Å². The number of amidine groups is 1. The van der Waals surface area contributed by atoms with Crippen LogP contribution < -0.4 is 15.8 Å². The van der Waals surface area contributed by atoms with Gasteiger partial charge in [0.05, 0.1) is 151 Å². The summed E-state index contributed by atoms with van der Waals surface area (Å²) in [7, 11) is -5.65. The molecule has 3 aromatic carbocycles. The predicted molar refractivity (Wildman–Crippen MR) is 280 cm³/mol. The summed E-state index contributed by atoms with van der Waals surface area (Å²) in [6.45, 7) is 10.9. The summed E-state index contributed by atoms with van der Waals surface area (Å²) >= 11 is 0. The molecule has 3 aromatic rings. The van der Waals surface area contributed by atoms with Gasteiger partial charge >= 0.3 is 16.1 Å². The first-order chi connectivity index (χ1) is 38.6. The van der Waals surface area contributed by atoms with Crippen molar-refractivity contribution in [1.82, 2.24) is 10.4 Å². The van der Waals surface area contributed by atoms with Crippen molar-refractivity contribution in [1.29, 1.82) is 0 Å². The van der Waals surface area contributed by atoms with Gasteiger partial charge in [0, 0.05) is 37.1 Å². The van der Waals surface area contributed by atoms with Gasteiger partial charge in [0.15, 0.2) is 16.5 Å². The smallest absolute Gasteiger partial charge is 0.313 e. The van der Waals surface area contributed by atoms with Gasteiger partial charge in [-0.3, -0.25) is 23.8 Å². The lowest BCUT2D eigenvalue weighted by atomic mass is 10.00. The lowest BCUT2D eigenvalue weighted by Gasteiger charge is -2.21. The topological polar surface area (TPSA) is 270 Å². The van der Waals surface area contributed by atoms with Crippen LogP contribution in [0.5, 0.6) is 5.75 Å². The minimum absolute atomic E-state index is 0.0174. The van der Waals surface area contributed by atoms with E-state index in [1.165, 1.54) is 5.06 Å². The van der Waals surface area contributed by atoms with Crippen molar-refractivity contribution < 1.29 is 102 Å². The van der Waals surface area contributed by atoms with Crippen molar-refractivity contribution in [3.05, 3.63) is 82.4 Å². The number of carbonyl (C=O) groups is 3. The van der Waals surface area contributed by atoms with Gasteiger partial charge in [-0.25, -0.2) is 18.8 Å². The number of fused-ring (bicyclic) bond motifs is 1. The summed E-state index contributed by atoms with van der Waals surface area (Å²) in [5.41, 5.74) is 11.1. The van der Waals surface area contributed by atoms with E-state index in [1.54, 1.807) is 0 Å². The number of carbonyl (C=O) groups excluding carboxylic acids is 3. The van der Waals surface area contributed by atoms with Gasteiger partial charge in [-0.2, -0.15) is 17.2 Å². The fourth-order valence-corrected chi connectivity index (χ4v) is 7.66. The minimum Gasteiger partial charge on any atom is -0.420 e. The van der Waals surface area contributed by atoms with Crippen molar-refractivity contribution >= 4 is 45.5 Å². The van der Waals surface area contributed by atoms with Crippen molar-refractivity contribution in [2.75, 3.05) is 145 Å². The molecule has 0 aliphatic carbocycles. The van der Waals surface area contributed by atoms with E-state index in [1.807, 2.05) is 62.4 Å². The van der Waals surface area contributed by atoms with Gasteiger partial charge in [0.25, 0.3) is 5.91 Å². The van der Waals surface area contributed by atoms with Crippen LogP contribution in [0.4, 0.5) is 23.2 Å². The first-order valence-corrected chi connectivity index (χ1v) is 27.4. The molecule has 0 atom stereocenters. The Hall–Kier alpha value is -5.53. The fourth-order valence-electron chi connectivity index (χ4n) is 7.03. The Morgan fingerprint density at radius 3 is 1.50 bits per heavy atom. The molecule has 446 valence electrons. The minimum atomic E-state index is -5.65. The third kappa shape index (κ3) is 25.1. The van der Waals surface area contributed by atoms with Crippen molar-refractivity contribution in [3.8, 4) is 16.9 Å². The number of amides is 2. The first kappa shape index (κ1) is 67.0. The molecule has 0 saturated heterocycles. The van der Waals surface area contributed by atoms with Crippen LogP contribution in [0.1, 0.15) is 50.7 Å². The molecule has 22 nitrogen and oxygen atoms in total. The van der Waals surface area contributed by atoms with Crippen LogP contribution in [-0.2, 0) is 83.3 Å². The van der Waals surface area contributed by atoms with Gasteiger partial charge in [0.1, 0.15) is 5.84 Å².